The van der Waals surface area contributed by atoms with Gasteiger partial charge in [-0.1, -0.05) is 23.7 Å². The molecular formula is C9H8ClNO2. The molecule has 3 N–H and O–H groups in total. The zero-order valence-electron chi connectivity index (χ0n) is 6.70. The summed E-state index contributed by atoms with van der Waals surface area (Å²) >= 11 is 5.63. The summed E-state index contributed by atoms with van der Waals surface area (Å²) in [4.78, 5) is 10.4. The lowest BCUT2D eigenvalue weighted by atomic mass is 10.2. The monoisotopic (exact) mass is 197 g/mol. The van der Waals surface area contributed by atoms with E-state index in [-0.39, 0.29) is 10.8 Å². The predicted octanol–water partition coefficient (Wildman–Crippen LogP) is 1.54. The van der Waals surface area contributed by atoms with E-state index in [2.05, 4.69) is 0 Å². The Balaban J connectivity index is 3.02. The lowest BCUT2D eigenvalue weighted by Crippen LogP contribution is -2.05. The molecule has 3 nitrogen and oxygen atoms in total. The molecule has 0 bridgehead atoms. The van der Waals surface area contributed by atoms with Crippen LogP contribution in [0.25, 0.3) is 6.08 Å². The Morgan fingerprint density at radius 3 is 2.85 bits per heavy atom. The standard InChI is InChI=1S/C9H8ClNO2/c10-7-3-1-2-6(9(7)13)4-5-8(11)12/h1-5,13H,(H2,11,12). The first-order valence-corrected chi connectivity index (χ1v) is 3.94. The molecule has 0 aromatic heterocycles. The van der Waals surface area contributed by atoms with Gasteiger partial charge in [0.25, 0.3) is 0 Å². The first kappa shape index (κ1) is 9.61. The number of primary amides is 1. The van der Waals surface area contributed by atoms with E-state index >= 15 is 0 Å². The SMILES string of the molecule is NC(=O)C=Cc1cccc(Cl)c1O. The lowest BCUT2D eigenvalue weighted by molar-refractivity contribution is -0.113. The van der Waals surface area contributed by atoms with Gasteiger partial charge in [0.2, 0.25) is 5.91 Å². The molecule has 0 aliphatic rings. The second-order valence-corrected chi connectivity index (χ2v) is 2.82. The normalized spacial score (nSPS) is 10.5. The van der Waals surface area contributed by atoms with Crippen LogP contribution in [0.4, 0.5) is 0 Å². The van der Waals surface area contributed by atoms with Crippen LogP contribution in [0.5, 0.6) is 5.75 Å². The van der Waals surface area contributed by atoms with Gasteiger partial charge >= 0.3 is 0 Å². The largest absolute Gasteiger partial charge is 0.506 e. The van der Waals surface area contributed by atoms with E-state index in [1.807, 2.05) is 0 Å². The smallest absolute Gasteiger partial charge is 0.241 e. The van der Waals surface area contributed by atoms with Gasteiger partial charge < -0.3 is 10.8 Å². The number of aromatic hydroxyl groups is 1. The molecule has 13 heavy (non-hydrogen) atoms. The van der Waals surface area contributed by atoms with Crippen LogP contribution in [0.15, 0.2) is 24.3 Å². The minimum absolute atomic E-state index is 0.0540. The molecule has 0 atom stereocenters. The number of benzene rings is 1. The fourth-order valence-corrected chi connectivity index (χ4v) is 1.02. The first-order valence-electron chi connectivity index (χ1n) is 3.56. The van der Waals surface area contributed by atoms with Crippen LogP contribution in [0.1, 0.15) is 5.56 Å². The van der Waals surface area contributed by atoms with Gasteiger partial charge in [-0.05, 0) is 12.1 Å². The summed E-state index contributed by atoms with van der Waals surface area (Å²) in [6.07, 6.45) is 2.56. The number of halogens is 1. The summed E-state index contributed by atoms with van der Waals surface area (Å²) < 4.78 is 0. The Morgan fingerprint density at radius 2 is 2.23 bits per heavy atom. The molecule has 1 aromatic rings. The van der Waals surface area contributed by atoms with Crippen molar-refractivity contribution in [2.75, 3.05) is 0 Å². The van der Waals surface area contributed by atoms with Crippen LogP contribution >= 0.6 is 11.6 Å². The van der Waals surface area contributed by atoms with Crippen LogP contribution in [0.2, 0.25) is 5.02 Å². The van der Waals surface area contributed by atoms with Crippen molar-refractivity contribution in [1.82, 2.24) is 0 Å². The number of amides is 1. The molecule has 1 rings (SSSR count). The van der Waals surface area contributed by atoms with Gasteiger partial charge in [-0.25, -0.2) is 0 Å². The number of phenols is 1. The van der Waals surface area contributed by atoms with E-state index in [0.717, 1.165) is 6.08 Å². The number of para-hydroxylation sites is 1. The lowest BCUT2D eigenvalue weighted by Gasteiger charge is -1.99. The Bertz CT molecular complexity index is 361. The molecule has 68 valence electrons. The Morgan fingerprint density at radius 1 is 1.54 bits per heavy atom. The van der Waals surface area contributed by atoms with Crippen molar-refractivity contribution in [3.8, 4) is 5.75 Å². The van der Waals surface area contributed by atoms with Gasteiger partial charge in [0.05, 0.1) is 5.02 Å². The number of rotatable bonds is 2. The highest BCUT2D eigenvalue weighted by Crippen LogP contribution is 2.27. The third-order valence-corrected chi connectivity index (χ3v) is 1.75. The predicted molar refractivity (Wildman–Crippen MR) is 51.3 cm³/mol. The summed E-state index contributed by atoms with van der Waals surface area (Å²) in [6, 6.07) is 4.85. The molecule has 4 heteroatoms. The van der Waals surface area contributed by atoms with Gasteiger partial charge in [-0.15, -0.1) is 0 Å². The second-order valence-electron chi connectivity index (χ2n) is 2.41. The molecule has 0 radical (unpaired) electrons. The maximum atomic E-state index is 10.4. The van der Waals surface area contributed by atoms with Gasteiger partial charge in [0.1, 0.15) is 5.75 Å². The number of hydrogen-bond acceptors (Lipinski definition) is 2. The van der Waals surface area contributed by atoms with Crippen molar-refractivity contribution in [1.29, 1.82) is 0 Å². The molecule has 0 saturated heterocycles. The zero-order chi connectivity index (χ0) is 9.84. The summed E-state index contributed by atoms with van der Waals surface area (Å²) in [7, 11) is 0. The van der Waals surface area contributed by atoms with Gasteiger partial charge in [-0.2, -0.15) is 0 Å². The third kappa shape index (κ3) is 2.49. The van der Waals surface area contributed by atoms with Crippen molar-refractivity contribution < 1.29 is 9.90 Å². The Kier molecular flexibility index (Phi) is 2.93. The summed E-state index contributed by atoms with van der Waals surface area (Å²) in [5, 5.41) is 9.62. The molecule has 1 aromatic carbocycles. The molecule has 0 fully saturated rings. The van der Waals surface area contributed by atoms with E-state index < -0.39 is 5.91 Å². The van der Waals surface area contributed by atoms with Crippen molar-refractivity contribution in [3.05, 3.63) is 34.9 Å². The fourth-order valence-electron chi connectivity index (χ4n) is 0.838. The van der Waals surface area contributed by atoms with Crippen molar-refractivity contribution in [2.45, 2.75) is 0 Å². The van der Waals surface area contributed by atoms with Crippen LogP contribution in [-0.2, 0) is 4.79 Å². The minimum Gasteiger partial charge on any atom is -0.506 e. The second kappa shape index (κ2) is 3.96. The van der Waals surface area contributed by atoms with E-state index in [1.165, 1.54) is 6.08 Å². The van der Waals surface area contributed by atoms with E-state index in [0.29, 0.717) is 5.56 Å². The molecule has 0 saturated carbocycles. The maximum Gasteiger partial charge on any atom is 0.241 e. The highest BCUT2D eigenvalue weighted by Gasteiger charge is 2.01. The number of phenolic OH excluding ortho intramolecular Hbond substituents is 1. The summed E-state index contributed by atoms with van der Waals surface area (Å²) in [6.45, 7) is 0. The molecule has 0 aliphatic heterocycles. The van der Waals surface area contributed by atoms with Gasteiger partial charge in [-0.3, -0.25) is 4.79 Å². The Labute approximate surface area is 80.4 Å². The van der Waals surface area contributed by atoms with E-state index in [9.17, 15) is 9.90 Å². The van der Waals surface area contributed by atoms with E-state index in [4.69, 9.17) is 17.3 Å². The summed E-state index contributed by atoms with van der Waals surface area (Å²) in [5.41, 5.74) is 5.35. The number of carbonyl (C=O) groups is 1. The van der Waals surface area contributed by atoms with Crippen LogP contribution in [0.3, 0.4) is 0 Å². The van der Waals surface area contributed by atoms with Crippen LogP contribution in [0, 0.1) is 0 Å². The molecular weight excluding hydrogens is 190 g/mol. The Hall–Kier alpha value is -1.48. The molecule has 0 unspecified atom stereocenters. The maximum absolute atomic E-state index is 10.4. The highest BCUT2D eigenvalue weighted by atomic mass is 35.5. The van der Waals surface area contributed by atoms with Crippen LogP contribution < -0.4 is 5.73 Å². The first-order chi connectivity index (χ1) is 6.11. The quantitative estimate of drug-likeness (QED) is 0.707. The van der Waals surface area contributed by atoms with Crippen molar-refractivity contribution >= 4 is 23.6 Å². The molecule has 1 amide bonds. The number of nitrogens with two attached hydrogens (primary N) is 1. The molecule has 0 spiro atoms. The average Bonchev–Trinajstić information content (AvgIpc) is 2.07. The molecule has 0 heterocycles. The number of hydrogen-bond donors (Lipinski definition) is 2. The number of carbonyl (C=O) groups excluding carboxylic acids is 1. The minimum atomic E-state index is -0.570. The summed E-state index contributed by atoms with van der Waals surface area (Å²) in [5.74, 6) is -0.624. The van der Waals surface area contributed by atoms with Crippen molar-refractivity contribution in [2.24, 2.45) is 5.73 Å². The van der Waals surface area contributed by atoms with Crippen LogP contribution in [-0.4, -0.2) is 11.0 Å². The van der Waals surface area contributed by atoms with E-state index in [1.54, 1.807) is 18.2 Å². The van der Waals surface area contributed by atoms with Gasteiger partial charge in [0, 0.05) is 11.6 Å². The van der Waals surface area contributed by atoms with Gasteiger partial charge in [0.15, 0.2) is 0 Å². The highest BCUT2D eigenvalue weighted by molar-refractivity contribution is 6.32. The molecule has 0 aliphatic carbocycles. The van der Waals surface area contributed by atoms with Crippen molar-refractivity contribution in [3.63, 3.8) is 0 Å². The average molecular weight is 198 g/mol. The topological polar surface area (TPSA) is 63.3 Å². The third-order valence-electron chi connectivity index (χ3n) is 1.45. The zero-order valence-corrected chi connectivity index (χ0v) is 7.45. The fraction of sp³-hybridized carbons (Fsp3) is 0.